The first kappa shape index (κ1) is 23.2. The van der Waals surface area contributed by atoms with Crippen LogP contribution in [0.4, 0.5) is 0 Å². The van der Waals surface area contributed by atoms with E-state index in [9.17, 15) is 14.7 Å². The second-order valence-corrected chi connectivity index (χ2v) is 8.53. The molecular formula is C23H33N3O5. The van der Waals surface area contributed by atoms with E-state index in [1.165, 1.54) is 12.7 Å². The normalized spacial score (nSPS) is 22.2. The first-order valence-corrected chi connectivity index (χ1v) is 10.9. The third kappa shape index (κ3) is 5.25. The number of carbonyl (C=O) groups is 2. The van der Waals surface area contributed by atoms with Crippen LogP contribution < -0.4 is 4.74 Å². The summed E-state index contributed by atoms with van der Waals surface area (Å²) in [7, 11) is 3.19. The molecule has 1 aromatic rings. The Labute approximate surface area is 183 Å². The minimum Gasteiger partial charge on any atom is -0.472 e. The van der Waals surface area contributed by atoms with Crippen LogP contribution >= 0.6 is 0 Å². The Bertz CT molecular complexity index is 841. The molecular weight excluding hydrogens is 398 g/mol. The molecule has 1 N–H and O–H groups in total. The molecule has 3 atom stereocenters. The summed E-state index contributed by atoms with van der Waals surface area (Å²) in [5, 5.41) is 9.75. The van der Waals surface area contributed by atoms with Crippen LogP contribution in [0.5, 0.6) is 5.88 Å². The molecule has 2 amide bonds. The number of amides is 2. The minimum absolute atomic E-state index is 0.00291. The number of allylic oxidation sites excluding steroid dienone is 2. The van der Waals surface area contributed by atoms with Crippen LogP contribution in [0.25, 0.3) is 5.57 Å². The highest BCUT2D eigenvalue weighted by Gasteiger charge is 2.34. The molecule has 1 aliphatic heterocycles. The number of aromatic nitrogens is 1. The van der Waals surface area contributed by atoms with Gasteiger partial charge in [-0.2, -0.15) is 0 Å². The van der Waals surface area contributed by atoms with E-state index in [0.29, 0.717) is 18.7 Å². The molecule has 2 heterocycles. The predicted molar refractivity (Wildman–Crippen MR) is 117 cm³/mol. The van der Waals surface area contributed by atoms with Crippen molar-refractivity contribution < 1.29 is 24.2 Å². The average molecular weight is 432 g/mol. The predicted octanol–water partition coefficient (Wildman–Crippen LogP) is 1.97. The average Bonchev–Trinajstić information content (AvgIpc) is 3.30. The monoisotopic (exact) mass is 431 g/mol. The number of rotatable bonds is 7. The Morgan fingerprint density at radius 1 is 1.48 bits per heavy atom. The van der Waals surface area contributed by atoms with Crippen molar-refractivity contribution in [3.63, 3.8) is 0 Å². The molecule has 0 saturated carbocycles. The Balaban J connectivity index is 1.96. The minimum atomic E-state index is -0.366. The zero-order valence-corrected chi connectivity index (χ0v) is 18.8. The van der Waals surface area contributed by atoms with Gasteiger partial charge in [0.15, 0.2) is 0 Å². The summed E-state index contributed by atoms with van der Waals surface area (Å²) in [5.74, 6) is -0.151. The molecule has 0 spiro atoms. The van der Waals surface area contributed by atoms with E-state index < -0.39 is 0 Å². The van der Waals surface area contributed by atoms with Crippen molar-refractivity contribution in [3.05, 3.63) is 29.5 Å². The molecule has 170 valence electrons. The summed E-state index contributed by atoms with van der Waals surface area (Å²) in [6, 6.07) is 1.51. The van der Waals surface area contributed by atoms with Gasteiger partial charge in [-0.3, -0.25) is 9.59 Å². The highest BCUT2D eigenvalue weighted by atomic mass is 16.5. The lowest BCUT2D eigenvalue weighted by molar-refractivity contribution is -0.135. The lowest BCUT2D eigenvalue weighted by Crippen LogP contribution is -2.50. The fourth-order valence-electron chi connectivity index (χ4n) is 4.03. The molecule has 8 nitrogen and oxygen atoms in total. The molecule has 0 unspecified atom stereocenters. The van der Waals surface area contributed by atoms with E-state index in [0.717, 1.165) is 24.8 Å². The van der Waals surface area contributed by atoms with Crippen LogP contribution in [0.15, 0.2) is 18.3 Å². The number of pyridine rings is 1. The molecule has 2 aliphatic rings. The van der Waals surface area contributed by atoms with Gasteiger partial charge in [-0.15, -0.1) is 0 Å². The maximum Gasteiger partial charge on any atom is 0.259 e. The first-order valence-electron chi connectivity index (χ1n) is 10.9. The number of ether oxygens (including phenoxy) is 2. The molecule has 31 heavy (non-hydrogen) atoms. The maximum absolute atomic E-state index is 13.4. The summed E-state index contributed by atoms with van der Waals surface area (Å²) in [4.78, 5) is 33.4. The lowest BCUT2D eigenvalue weighted by atomic mass is 9.99. The molecule has 8 heteroatoms. The van der Waals surface area contributed by atoms with E-state index in [4.69, 9.17) is 9.47 Å². The van der Waals surface area contributed by atoms with Gasteiger partial charge >= 0.3 is 0 Å². The van der Waals surface area contributed by atoms with Gasteiger partial charge in [0.2, 0.25) is 11.8 Å². The lowest BCUT2D eigenvalue weighted by Gasteiger charge is -2.37. The summed E-state index contributed by atoms with van der Waals surface area (Å²) in [5.41, 5.74) is 2.53. The summed E-state index contributed by atoms with van der Waals surface area (Å²) in [6.07, 6.45) is 6.69. The molecule has 0 aromatic carbocycles. The van der Waals surface area contributed by atoms with Crippen LogP contribution in [0.3, 0.4) is 0 Å². The number of hydrogen-bond acceptors (Lipinski definition) is 6. The first-order chi connectivity index (χ1) is 14.8. The quantitative estimate of drug-likeness (QED) is 0.710. The number of carbonyl (C=O) groups excluding carboxylic acids is 2. The molecule has 0 radical (unpaired) electrons. The third-order valence-electron chi connectivity index (χ3n) is 6.08. The maximum atomic E-state index is 13.4. The number of nitrogens with zero attached hydrogens (tertiary/aromatic N) is 3. The number of aliphatic hydroxyl groups excluding tert-OH is 1. The second-order valence-electron chi connectivity index (χ2n) is 8.53. The zero-order valence-electron chi connectivity index (χ0n) is 18.8. The van der Waals surface area contributed by atoms with Gasteiger partial charge < -0.3 is 24.4 Å². The highest BCUT2D eigenvalue weighted by molar-refractivity contribution is 5.97. The van der Waals surface area contributed by atoms with E-state index >= 15 is 0 Å². The topological polar surface area (TPSA) is 92.2 Å². The molecule has 1 aliphatic carbocycles. The van der Waals surface area contributed by atoms with Gasteiger partial charge in [-0.25, -0.2) is 4.98 Å². The number of hydrogen-bond donors (Lipinski definition) is 1. The van der Waals surface area contributed by atoms with E-state index in [2.05, 4.69) is 11.1 Å². The van der Waals surface area contributed by atoms with Crippen LogP contribution in [-0.4, -0.2) is 84.3 Å². The molecule has 0 saturated heterocycles. The smallest absolute Gasteiger partial charge is 0.259 e. The van der Waals surface area contributed by atoms with Gasteiger partial charge in [0.25, 0.3) is 5.91 Å². The van der Waals surface area contributed by atoms with Crippen molar-refractivity contribution in [1.82, 2.24) is 14.8 Å². The standard InChI is InChI=1S/C23H33N3O5/c1-15-11-26(16(2)13-27)23(29)19-9-18(17-7-5-6-8-17)10-24-22(19)31-20(15)12-25(3)21(28)14-30-4/h7,9-10,15-16,20,27H,5-6,8,11-14H2,1-4H3/t15-,16-,20-/m1/s1. The van der Waals surface area contributed by atoms with Crippen LogP contribution in [0.2, 0.25) is 0 Å². The van der Waals surface area contributed by atoms with Crippen molar-refractivity contribution in [2.75, 3.05) is 40.5 Å². The summed E-state index contributed by atoms with van der Waals surface area (Å²) in [6.45, 7) is 4.41. The van der Waals surface area contributed by atoms with Crippen molar-refractivity contribution in [1.29, 1.82) is 0 Å². The highest BCUT2D eigenvalue weighted by Crippen LogP contribution is 2.32. The van der Waals surface area contributed by atoms with Crippen molar-refractivity contribution in [2.45, 2.75) is 45.3 Å². The van der Waals surface area contributed by atoms with Gasteiger partial charge in [0.1, 0.15) is 18.3 Å². The van der Waals surface area contributed by atoms with Gasteiger partial charge in [0, 0.05) is 32.8 Å². The van der Waals surface area contributed by atoms with E-state index in [1.807, 2.05) is 19.9 Å². The van der Waals surface area contributed by atoms with Crippen molar-refractivity contribution in [2.24, 2.45) is 5.92 Å². The summed E-state index contributed by atoms with van der Waals surface area (Å²) >= 11 is 0. The van der Waals surface area contributed by atoms with Crippen molar-refractivity contribution >= 4 is 17.4 Å². The van der Waals surface area contributed by atoms with E-state index in [-0.39, 0.29) is 49.0 Å². The largest absolute Gasteiger partial charge is 0.472 e. The van der Waals surface area contributed by atoms with Crippen LogP contribution in [0, 0.1) is 5.92 Å². The summed E-state index contributed by atoms with van der Waals surface area (Å²) < 4.78 is 11.2. The Hall–Kier alpha value is -2.45. The van der Waals surface area contributed by atoms with Gasteiger partial charge in [-0.1, -0.05) is 13.0 Å². The number of methoxy groups -OCH3 is 1. The number of likely N-dealkylation sites (N-methyl/N-ethyl adjacent to an activating group) is 1. The van der Waals surface area contributed by atoms with Crippen LogP contribution in [0.1, 0.15) is 49.0 Å². The molecule has 0 bridgehead atoms. The third-order valence-corrected chi connectivity index (χ3v) is 6.08. The van der Waals surface area contributed by atoms with Gasteiger partial charge in [-0.05, 0) is 43.4 Å². The number of fused-ring (bicyclic) bond motifs is 1. The Kier molecular flexibility index (Phi) is 7.67. The molecule has 1 aromatic heterocycles. The Morgan fingerprint density at radius 3 is 2.90 bits per heavy atom. The SMILES string of the molecule is COCC(=O)N(C)C[C@H]1Oc2ncc(C3=CCCC3)cc2C(=O)N([C@H](C)CO)C[C@H]1C. The Morgan fingerprint density at radius 2 is 2.26 bits per heavy atom. The number of aliphatic hydroxyl groups is 1. The fraction of sp³-hybridized carbons (Fsp3) is 0.609. The fourth-order valence-corrected chi connectivity index (χ4v) is 4.03. The van der Waals surface area contributed by atoms with Gasteiger partial charge in [0.05, 0.1) is 19.2 Å². The molecule has 3 rings (SSSR count). The molecule has 0 fully saturated rings. The van der Waals surface area contributed by atoms with Crippen molar-refractivity contribution in [3.8, 4) is 5.88 Å². The van der Waals surface area contributed by atoms with Crippen LogP contribution in [-0.2, 0) is 9.53 Å². The van der Waals surface area contributed by atoms with E-state index in [1.54, 1.807) is 23.0 Å². The second kappa shape index (κ2) is 10.2. The zero-order chi connectivity index (χ0) is 22.5.